The van der Waals surface area contributed by atoms with Crippen molar-refractivity contribution in [2.45, 2.75) is 39.3 Å². The van der Waals surface area contributed by atoms with Gasteiger partial charge in [-0.3, -0.25) is 4.98 Å². The molecular formula is C25H26N4O2. The summed E-state index contributed by atoms with van der Waals surface area (Å²) in [6, 6.07) is 11.3. The Labute approximate surface area is 180 Å². The molecule has 0 saturated carbocycles. The first-order chi connectivity index (χ1) is 14.9. The van der Waals surface area contributed by atoms with Gasteiger partial charge in [0, 0.05) is 60.3 Å². The van der Waals surface area contributed by atoms with Crippen LogP contribution in [0.25, 0.3) is 27.6 Å². The van der Waals surface area contributed by atoms with E-state index >= 15 is 0 Å². The molecule has 6 heteroatoms. The molecule has 1 aromatic carbocycles. The molecule has 0 radical (unpaired) electrons. The maximum absolute atomic E-state index is 12.9. The maximum Gasteiger partial charge on any atom is 0.344 e. The summed E-state index contributed by atoms with van der Waals surface area (Å²) < 4.78 is 7.81. The van der Waals surface area contributed by atoms with Gasteiger partial charge in [-0.15, -0.1) is 0 Å². The molecule has 31 heavy (non-hydrogen) atoms. The van der Waals surface area contributed by atoms with Gasteiger partial charge in [-0.05, 0) is 57.4 Å². The van der Waals surface area contributed by atoms with Crippen molar-refractivity contribution in [1.82, 2.24) is 14.7 Å². The number of aromatic nitrogens is 2. The number of hydrogen-bond acceptors (Lipinski definition) is 5. The molecule has 2 fully saturated rings. The Balaban J connectivity index is 1.36. The van der Waals surface area contributed by atoms with Crippen LogP contribution in [-0.4, -0.2) is 34.6 Å². The highest BCUT2D eigenvalue weighted by atomic mass is 16.4. The lowest BCUT2D eigenvalue weighted by atomic mass is 10.0. The third-order valence-corrected chi connectivity index (χ3v) is 6.88. The van der Waals surface area contributed by atoms with E-state index in [1.807, 2.05) is 48.8 Å². The van der Waals surface area contributed by atoms with Crippen molar-refractivity contribution in [3.8, 4) is 11.1 Å². The Morgan fingerprint density at radius 2 is 2.00 bits per heavy atom. The topological polar surface area (TPSA) is 62.8 Å². The zero-order chi connectivity index (χ0) is 21.3. The zero-order valence-corrected chi connectivity index (χ0v) is 18.1. The molecule has 2 saturated heterocycles. The molecule has 4 aromatic rings. The number of rotatable bonds is 2. The van der Waals surface area contributed by atoms with Gasteiger partial charge < -0.3 is 19.0 Å². The lowest BCUT2D eigenvalue weighted by Crippen LogP contribution is -2.33. The molecule has 3 atom stereocenters. The molecule has 5 heterocycles. The van der Waals surface area contributed by atoms with Crippen molar-refractivity contribution in [3.63, 3.8) is 0 Å². The first-order valence-corrected chi connectivity index (χ1v) is 11.0. The van der Waals surface area contributed by atoms with Crippen molar-refractivity contribution in [1.29, 1.82) is 0 Å². The number of benzene rings is 1. The third kappa shape index (κ3) is 3.05. The standard InChI is InChI=1S/C25H26N4O2/c1-14-6-19-12-28(13-22(19)27-14)20-5-4-17-7-21(25(30)31-24(17)9-20)18-8-23-16(3)26-15(2)10-29(23)11-18/h4-5,7-11,14,19,22,27H,6,12-13H2,1-3H3/t14?,19-,22+/m1/s1. The minimum Gasteiger partial charge on any atom is -0.422 e. The molecule has 3 aromatic heterocycles. The molecule has 1 unspecified atom stereocenters. The van der Waals surface area contributed by atoms with E-state index < -0.39 is 0 Å². The number of aryl methyl sites for hydroxylation is 2. The summed E-state index contributed by atoms with van der Waals surface area (Å²) in [5, 5.41) is 4.62. The largest absolute Gasteiger partial charge is 0.422 e. The van der Waals surface area contributed by atoms with E-state index in [2.05, 4.69) is 34.3 Å². The van der Waals surface area contributed by atoms with Gasteiger partial charge in [-0.1, -0.05) is 0 Å². The smallest absolute Gasteiger partial charge is 0.344 e. The Kier molecular flexibility index (Phi) is 4.02. The molecule has 6 rings (SSSR count). The number of nitrogens with zero attached hydrogens (tertiary/aromatic N) is 3. The molecule has 6 nitrogen and oxygen atoms in total. The van der Waals surface area contributed by atoms with Crippen molar-refractivity contribution < 1.29 is 4.42 Å². The van der Waals surface area contributed by atoms with Crippen molar-refractivity contribution >= 4 is 22.2 Å². The average Bonchev–Trinajstić information content (AvgIpc) is 3.39. The second-order valence-electron chi connectivity index (χ2n) is 9.23. The number of fused-ring (bicyclic) bond motifs is 3. The van der Waals surface area contributed by atoms with Crippen LogP contribution in [0, 0.1) is 19.8 Å². The summed E-state index contributed by atoms with van der Waals surface area (Å²) in [5.41, 5.74) is 5.77. The van der Waals surface area contributed by atoms with Crippen LogP contribution in [0.1, 0.15) is 24.7 Å². The second kappa shape index (κ2) is 6.69. The Morgan fingerprint density at radius 1 is 1.13 bits per heavy atom. The van der Waals surface area contributed by atoms with Gasteiger partial charge in [-0.25, -0.2) is 4.79 Å². The summed E-state index contributed by atoms with van der Waals surface area (Å²) >= 11 is 0. The Hall–Kier alpha value is -3.12. The first kappa shape index (κ1) is 18.6. The number of nitrogens with one attached hydrogen (secondary N) is 1. The van der Waals surface area contributed by atoms with E-state index in [1.165, 1.54) is 6.42 Å². The van der Waals surface area contributed by atoms with E-state index in [-0.39, 0.29) is 5.63 Å². The second-order valence-corrected chi connectivity index (χ2v) is 9.23. The van der Waals surface area contributed by atoms with Crippen LogP contribution in [0.3, 0.4) is 0 Å². The molecule has 2 aliphatic heterocycles. The average molecular weight is 415 g/mol. The third-order valence-electron chi connectivity index (χ3n) is 6.88. The predicted octanol–water partition coefficient (Wildman–Crippen LogP) is 3.91. The predicted molar refractivity (Wildman–Crippen MR) is 123 cm³/mol. The molecule has 0 bridgehead atoms. The van der Waals surface area contributed by atoms with E-state index in [4.69, 9.17) is 4.42 Å². The van der Waals surface area contributed by atoms with Crippen LogP contribution in [-0.2, 0) is 0 Å². The minimum absolute atomic E-state index is 0.309. The SMILES string of the molecule is Cc1cn2cc(-c3cc4ccc(N5C[C@H]6CC(C)N[C@H]6C5)cc4oc3=O)cc2c(C)n1. The molecule has 158 valence electrons. The lowest BCUT2D eigenvalue weighted by Gasteiger charge is -2.21. The lowest BCUT2D eigenvalue weighted by molar-refractivity contribution is 0.553. The van der Waals surface area contributed by atoms with Gasteiger partial charge in [0.05, 0.1) is 22.5 Å². The highest BCUT2D eigenvalue weighted by Crippen LogP contribution is 2.33. The molecule has 0 amide bonds. The monoisotopic (exact) mass is 414 g/mol. The van der Waals surface area contributed by atoms with Gasteiger partial charge in [0.1, 0.15) is 5.58 Å². The molecular weight excluding hydrogens is 388 g/mol. The summed E-state index contributed by atoms with van der Waals surface area (Å²) in [4.78, 5) is 19.8. The van der Waals surface area contributed by atoms with E-state index in [1.54, 1.807) is 0 Å². The zero-order valence-electron chi connectivity index (χ0n) is 18.1. The van der Waals surface area contributed by atoms with E-state index in [9.17, 15) is 4.79 Å². The van der Waals surface area contributed by atoms with Crippen LogP contribution in [0.2, 0.25) is 0 Å². The molecule has 0 spiro atoms. The summed E-state index contributed by atoms with van der Waals surface area (Å²) in [6.45, 7) is 8.28. The maximum atomic E-state index is 12.9. The summed E-state index contributed by atoms with van der Waals surface area (Å²) in [6.07, 6.45) is 5.18. The highest BCUT2D eigenvalue weighted by Gasteiger charge is 2.39. The van der Waals surface area contributed by atoms with Crippen molar-refractivity contribution in [3.05, 3.63) is 64.5 Å². The van der Waals surface area contributed by atoms with Crippen LogP contribution in [0.4, 0.5) is 5.69 Å². The molecule has 1 N–H and O–H groups in total. The van der Waals surface area contributed by atoms with Crippen molar-refractivity contribution in [2.24, 2.45) is 5.92 Å². The van der Waals surface area contributed by atoms with Crippen LogP contribution in [0.5, 0.6) is 0 Å². The summed E-state index contributed by atoms with van der Waals surface area (Å²) in [7, 11) is 0. The fraction of sp³-hybridized carbons (Fsp3) is 0.360. The first-order valence-electron chi connectivity index (χ1n) is 11.0. The number of hydrogen-bond donors (Lipinski definition) is 1. The van der Waals surface area contributed by atoms with E-state index in [0.29, 0.717) is 29.1 Å². The van der Waals surface area contributed by atoms with Gasteiger partial charge in [0.25, 0.3) is 0 Å². The van der Waals surface area contributed by atoms with E-state index in [0.717, 1.165) is 46.6 Å². The summed E-state index contributed by atoms with van der Waals surface area (Å²) in [5.74, 6) is 0.700. The number of anilines is 1. The van der Waals surface area contributed by atoms with Gasteiger partial charge in [0.15, 0.2) is 0 Å². The fourth-order valence-electron chi connectivity index (χ4n) is 5.47. The van der Waals surface area contributed by atoms with Gasteiger partial charge in [0.2, 0.25) is 0 Å². The minimum atomic E-state index is -0.309. The van der Waals surface area contributed by atoms with Gasteiger partial charge >= 0.3 is 5.63 Å². The van der Waals surface area contributed by atoms with Crippen LogP contribution in [0.15, 0.2) is 51.9 Å². The Morgan fingerprint density at radius 3 is 2.84 bits per heavy atom. The normalized spacial score (nSPS) is 23.2. The molecule has 0 aliphatic carbocycles. The van der Waals surface area contributed by atoms with Crippen molar-refractivity contribution in [2.75, 3.05) is 18.0 Å². The highest BCUT2D eigenvalue weighted by molar-refractivity contribution is 5.85. The Bertz CT molecular complexity index is 1370. The molecule has 2 aliphatic rings. The van der Waals surface area contributed by atoms with Gasteiger partial charge in [-0.2, -0.15) is 0 Å². The van der Waals surface area contributed by atoms with Crippen LogP contribution >= 0.6 is 0 Å². The fourth-order valence-corrected chi connectivity index (χ4v) is 5.47. The van der Waals surface area contributed by atoms with Crippen LogP contribution < -0.4 is 15.8 Å². The quantitative estimate of drug-likeness (QED) is 0.504.